The number of nitrogens with one attached hydrogen (secondary N) is 1. The highest BCUT2D eigenvalue weighted by atomic mass is 32.1. The van der Waals surface area contributed by atoms with Crippen LogP contribution in [0.5, 0.6) is 0 Å². The van der Waals surface area contributed by atoms with Crippen LogP contribution in [0.25, 0.3) is 0 Å². The summed E-state index contributed by atoms with van der Waals surface area (Å²) in [6.45, 7) is 4.35. The van der Waals surface area contributed by atoms with Crippen molar-refractivity contribution < 1.29 is 19.1 Å². The summed E-state index contributed by atoms with van der Waals surface area (Å²) in [5.41, 5.74) is 0.213. The van der Waals surface area contributed by atoms with Crippen LogP contribution in [0.4, 0.5) is 4.79 Å². The first-order valence-electron chi connectivity index (χ1n) is 11.1. The quantitative estimate of drug-likeness (QED) is 0.671. The lowest BCUT2D eigenvalue weighted by Gasteiger charge is -2.41. The first-order chi connectivity index (χ1) is 14.5. The molecule has 0 spiro atoms. The van der Waals surface area contributed by atoms with E-state index >= 15 is 0 Å². The minimum absolute atomic E-state index is 0.0475. The molecular formula is C22H31N3O4S. The van der Waals surface area contributed by atoms with Crippen molar-refractivity contribution in [2.75, 3.05) is 26.2 Å². The number of imide groups is 1. The second kappa shape index (κ2) is 9.06. The number of ether oxygens (including phenoxy) is 1. The van der Waals surface area contributed by atoms with E-state index in [-0.39, 0.29) is 29.9 Å². The van der Waals surface area contributed by atoms with E-state index in [0.29, 0.717) is 39.1 Å². The van der Waals surface area contributed by atoms with Gasteiger partial charge in [0.2, 0.25) is 5.91 Å². The molecule has 4 heterocycles. The van der Waals surface area contributed by atoms with Gasteiger partial charge >= 0.3 is 6.03 Å². The average molecular weight is 434 g/mol. The van der Waals surface area contributed by atoms with Gasteiger partial charge in [-0.25, -0.2) is 4.79 Å². The van der Waals surface area contributed by atoms with Gasteiger partial charge in [0.15, 0.2) is 0 Å². The number of rotatable bonds is 7. The van der Waals surface area contributed by atoms with E-state index in [4.69, 9.17) is 4.74 Å². The minimum atomic E-state index is -0.840. The molecule has 30 heavy (non-hydrogen) atoms. The van der Waals surface area contributed by atoms with Gasteiger partial charge in [-0.05, 0) is 60.4 Å². The fourth-order valence-electron chi connectivity index (χ4n) is 5.15. The number of nitrogens with zero attached hydrogens (tertiary/aromatic N) is 2. The third-order valence-electron chi connectivity index (χ3n) is 6.74. The van der Waals surface area contributed by atoms with E-state index < -0.39 is 5.54 Å². The Bertz CT molecular complexity index is 769. The van der Waals surface area contributed by atoms with Crippen LogP contribution in [0.15, 0.2) is 16.8 Å². The zero-order chi connectivity index (χ0) is 21.1. The highest BCUT2D eigenvalue weighted by molar-refractivity contribution is 7.08. The second-order valence-corrected chi connectivity index (χ2v) is 9.45. The lowest BCUT2D eigenvalue weighted by molar-refractivity contribution is -0.136. The smallest absolute Gasteiger partial charge is 0.325 e. The Balaban J connectivity index is 1.41. The summed E-state index contributed by atoms with van der Waals surface area (Å²) in [5, 5.41) is 7.07. The topological polar surface area (TPSA) is 79.0 Å². The maximum atomic E-state index is 13.4. The molecule has 0 radical (unpaired) electrons. The molecule has 164 valence electrons. The summed E-state index contributed by atoms with van der Waals surface area (Å²) in [6.07, 6.45) is 5.16. The molecule has 3 fully saturated rings. The molecule has 2 atom stereocenters. The zero-order valence-electron chi connectivity index (χ0n) is 17.6. The molecule has 2 unspecified atom stereocenters. The number of likely N-dealkylation sites (tertiary alicyclic amines) is 1. The SMILES string of the molecule is CCCC1(C2CCN(C(=O)Cc3ccsc3)CC2)NC(=O)N(CC2CCCO2)C1=O. The fraction of sp³-hybridized carbons (Fsp3) is 0.682. The largest absolute Gasteiger partial charge is 0.376 e. The lowest BCUT2D eigenvalue weighted by Crippen LogP contribution is -2.56. The Labute approximate surface area is 181 Å². The second-order valence-electron chi connectivity index (χ2n) is 8.67. The van der Waals surface area contributed by atoms with E-state index in [1.807, 2.05) is 28.7 Å². The van der Waals surface area contributed by atoms with Crippen LogP contribution in [0.1, 0.15) is 51.0 Å². The van der Waals surface area contributed by atoms with Crippen molar-refractivity contribution in [3.8, 4) is 0 Å². The summed E-state index contributed by atoms with van der Waals surface area (Å²) < 4.78 is 5.65. The molecule has 0 bridgehead atoms. The Morgan fingerprint density at radius 2 is 2.10 bits per heavy atom. The van der Waals surface area contributed by atoms with Gasteiger partial charge < -0.3 is 15.0 Å². The summed E-state index contributed by atoms with van der Waals surface area (Å²) in [6, 6.07) is 1.70. The van der Waals surface area contributed by atoms with Crippen LogP contribution in [0.3, 0.4) is 0 Å². The summed E-state index contributed by atoms with van der Waals surface area (Å²) in [4.78, 5) is 42.1. The molecule has 4 amide bonds. The van der Waals surface area contributed by atoms with E-state index in [2.05, 4.69) is 5.32 Å². The Kier molecular flexibility index (Phi) is 6.43. The van der Waals surface area contributed by atoms with Gasteiger partial charge in [0, 0.05) is 19.7 Å². The maximum Gasteiger partial charge on any atom is 0.325 e. The Morgan fingerprint density at radius 1 is 1.30 bits per heavy atom. The number of hydrogen-bond acceptors (Lipinski definition) is 5. The van der Waals surface area contributed by atoms with Crippen molar-refractivity contribution in [2.45, 2.75) is 63.5 Å². The molecule has 3 saturated heterocycles. The number of piperidine rings is 1. The number of thiophene rings is 1. The van der Waals surface area contributed by atoms with Crippen LogP contribution >= 0.6 is 11.3 Å². The van der Waals surface area contributed by atoms with Crippen molar-refractivity contribution >= 4 is 29.2 Å². The van der Waals surface area contributed by atoms with E-state index in [1.54, 1.807) is 11.3 Å². The summed E-state index contributed by atoms with van der Waals surface area (Å²) in [5.74, 6) is 0.0830. The van der Waals surface area contributed by atoms with Crippen molar-refractivity contribution in [3.63, 3.8) is 0 Å². The Morgan fingerprint density at radius 3 is 2.73 bits per heavy atom. The molecule has 3 aliphatic rings. The van der Waals surface area contributed by atoms with Gasteiger partial charge in [-0.2, -0.15) is 11.3 Å². The standard InChI is InChI=1S/C22H31N3O4S/c1-2-8-22(20(27)25(21(28)23-22)14-18-4-3-11-29-18)17-5-9-24(10-6-17)19(26)13-16-7-12-30-15-16/h7,12,15,17-18H,2-6,8-11,13-14H2,1H3,(H,23,28). The molecule has 1 aromatic heterocycles. The van der Waals surface area contributed by atoms with Crippen LogP contribution < -0.4 is 5.32 Å². The number of amides is 4. The highest BCUT2D eigenvalue weighted by Gasteiger charge is 2.55. The van der Waals surface area contributed by atoms with Gasteiger partial charge in [-0.3, -0.25) is 14.5 Å². The number of carbonyl (C=O) groups excluding carboxylic acids is 3. The van der Waals surface area contributed by atoms with E-state index in [1.165, 1.54) is 4.90 Å². The molecule has 0 aliphatic carbocycles. The number of urea groups is 1. The van der Waals surface area contributed by atoms with Crippen molar-refractivity contribution in [2.24, 2.45) is 5.92 Å². The molecule has 3 aliphatic heterocycles. The summed E-state index contributed by atoms with van der Waals surface area (Å²) >= 11 is 1.60. The first kappa shape index (κ1) is 21.3. The zero-order valence-corrected chi connectivity index (χ0v) is 18.4. The van der Waals surface area contributed by atoms with E-state index in [0.717, 1.165) is 37.7 Å². The minimum Gasteiger partial charge on any atom is -0.376 e. The molecule has 0 aromatic carbocycles. The molecule has 8 heteroatoms. The first-order valence-corrected chi connectivity index (χ1v) is 12.0. The van der Waals surface area contributed by atoms with Crippen LogP contribution in [-0.4, -0.2) is 65.5 Å². The van der Waals surface area contributed by atoms with Gasteiger partial charge in [-0.1, -0.05) is 13.3 Å². The van der Waals surface area contributed by atoms with Gasteiger partial charge in [0.1, 0.15) is 5.54 Å². The molecule has 4 rings (SSSR count). The molecule has 1 aromatic rings. The Hall–Kier alpha value is -1.93. The van der Waals surface area contributed by atoms with Crippen molar-refractivity contribution in [3.05, 3.63) is 22.4 Å². The van der Waals surface area contributed by atoms with Gasteiger partial charge in [0.25, 0.3) is 5.91 Å². The summed E-state index contributed by atoms with van der Waals surface area (Å²) in [7, 11) is 0. The fourth-order valence-corrected chi connectivity index (χ4v) is 5.82. The van der Waals surface area contributed by atoms with Crippen LogP contribution in [-0.2, 0) is 20.7 Å². The third kappa shape index (κ3) is 4.12. The number of hydrogen-bond donors (Lipinski definition) is 1. The average Bonchev–Trinajstić information content (AvgIpc) is 3.49. The highest BCUT2D eigenvalue weighted by Crippen LogP contribution is 2.37. The molecular weight excluding hydrogens is 402 g/mol. The molecule has 1 N–H and O–H groups in total. The van der Waals surface area contributed by atoms with Crippen LogP contribution in [0, 0.1) is 5.92 Å². The lowest BCUT2D eigenvalue weighted by atomic mass is 9.74. The van der Waals surface area contributed by atoms with Gasteiger partial charge in [0.05, 0.1) is 19.1 Å². The van der Waals surface area contributed by atoms with E-state index in [9.17, 15) is 14.4 Å². The van der Waals surface area contributed by atoms with Gasteiger partial charge in [-0.15, -0.1) is 0 Å². The van der Waals surface area contributed by atoms with Crippen molar-refractivity contribution in [1.82, 2.24) is 15.1 Å². The number of carbonyl (C=O) groups is 3. The molecule has 7 nitrogen and oxygen atoms in total. The molecule has 0 saturated carbocycles. The maximum absolute atomic E-state index is 13.4. The predicted molar refractivity (Wildman–Crippen MR) is 114 cm³/mol. The monoisotopic (exact) mass is 433 g/mol. The van der Waals surface area contributed by atoms with Crippen LogP contribution in [0.2, 0.25) is 0 Å². The predicted octanol–water partition coefficient (Wildman–Crippen LogP) is 2.80. The van der Waals surface area contributed by atoms with Crippen molar-refractivity contribution in [1.29, 1.82) is 0 Å². The third-order valence-corrected chi connectivity index (χ3v) is 7.47. The normalized spacial score (nSPS) is 27.7.